The molecule has 0 bridgehead atoms. The van der Waals surface area contributed by atoms with Crippen LogP contribution < -0.4 is 0 Å². The predicted octanol–water partition coefficient (Wildman–Crippen LogP) is 0.598. The normalized spacial score (nSPS) is 30.1. The minimum Gasteiger partial charge on any atom is -0.453 e. The largest absolute Gasteiger partial charge is 0.453 e. The van der Waals surface area contributed by atoms with Crippen molar-refractivity contribution in [1.82, 2.24) is 4.90 Å². The zero-order valence-electron chi connectivity index (χ0n) is 7.49. The first-order chi connectivity index (χ1) is 5.65. The fourth-order valence-corrected chi connectivity index (χ4v) is 1.46. The number of rotatable bonds is 0. The van der Waals surface area contributed by atoms with Crippen molar-refractivity contribution in [2.75, 3.05) is 13.7 Å². The third-order valence-electron chi connectivity index (χ3n) is 2.27. The molecule has 0 aromatic rings. The van der Waals surface area contributed by atoms with E-state index in [0.717, 1.165) is 12.8 Å². The second-order valence-corrected chi connectivity index (χ2v) is 3.20. The van der Waals surface area contributed by atoms with E-state index in [9.17, 15) is 9.90 Å². The van der Waals surface area contributed by atoms with Gasteiger partial charge in [0.05, 0.1) is 19.8 Å². The first-order valence-electron chi connectivity index (χ1n) is 4.17. The van der Waals surface area contributed by atoms with Crippen LogP contribution in [0.5, 0.6) is 0 Å². The van der Waals surface area contributed by atoms with Gasteiger partial charge in [0.25, 0.3) is 0 Å². The smallest absolute Gasteiger partial charge is 0.409 e. The Morgan fingerprint density at radius 2 is 2.25 bits per heavy atom. The molecule has 1 saturated heterocycles. The molecule has 70 valence electrons. The number of carbonyl (C=O) groups is 1. The summed E-state index contributed by atoms with van der Waals surface area (Å²) < 4.78 is 4.58. The van der Waals surface area contributed by atoms with Gasteiger partial charge >= 0.3 is 6.09 Å². The Balaban J connectivity index is 2.54. The number of aliphatic hydroxyl groups is 1. The minimum absolute atomic E-state index is 0.181. The van der Waals surface area contributed by atoms with Gasteiger partial charge in [-0.15, -0.1) is 0 Å². The summed E-state index contributed by atoms with van der Waals surface area (Å²) in [7, 11) is 1.36. The minimum atomic E-state index is -0.389. The standard InChI is InChI=1S/C8H15NO3/c1-6-3-4-7(10)5-9(6)8(11)12-2/h6-7,10H,3-5H2,1-2H3. The number of carbonyl (C=O) groups excluding carboxylic acids is 1. The zero-order valence-corrected chi connectivity index (χ0v) is 7.49. The van der Waals surface area contributed by atoms with Crippen LogP contribution >= 0.6 is 0 Å². The maximum Gasteiger partial charge on any atom is 0.409 e. The molecule has 1 amide bonds. The Labute approximate surface area is 72.1 Å². The summed E-state index contributed by atoms with van der Waals surface area (Å²) in [5.41, 5.74) is 0. The van der Waals surface area contributed by atoms with Gasteiger partial charge in [0.1, 0.15) is 0 Å². The summed E-state index contributed by atoms with van der Waals surface area (Å²) in [6, 6.07) is 0.181. The van der Waals surface area contributed by atoms with Gasteiger partial charge in [0.2, 0.25) is 0 Å². The lowest BCUT2D eigenvalue weighted by Crippen LogP contribution is -2.47. The lowest BCUT2D eigenvalue weighted by molar-refractivity contribution is 0.0350. The number of nitrogens with zero attached hydrogens (tertiary/aromatic N) is 1. The van der Waals surface area contributed by atoms with Crippen LogP contribution in [0.4, 0.5) is 4.79 Å². The molecule has 0 aromatic carbocycles. The fourth-order valence-electron chi connectivity index (χ4n) is 1.46. The van der Waals surface area contributed by atoms with E-state index in [0.29, 0.717) is 6.54 Å². The molecule has 2 atom stereocenters. The van der Waals surface area contributed by atoms with Crippen molar-refractivity contribution in [3.05, 3.63) is 0 Å². The molecule has 0 aliphatic carbocycles. The molecule has 4 heteroatoms. The van der Waals surface area contributed by atoms with Crippen molar-refractivity contribution in [3.63, 3.8) is 0 Å². The third-order valence-corrected chi connectivity index (χ3v) is 2.27. The second kappa shape index (κ2) is 3.76. The molecule has 1 aliphatic rings. The maximum atomic E-state index is 11.1. The molecule has 1 rings (SSSR count). The average Bonchev–Trinajstić information content (AvgIpc) is 2.08. The first kappa shape index (κ1) is 9.32. The monoisotopic (exact) mass is 173 g/mol. The van der Waals surface area contributed by atoms with E-state index >= 15 is 0 Å². The molecule has 1 fully saturated rings. The van der Waals surface area contributed by atoms with Crippen molar-refractivity contribution in [2.24, 2.45) is 0 Å². The van der Waals surface area contributed by atoms with Gasteiger partial charge in [0.15, 0.2) is 0 Å². The van der Waals surface area contributed by atoms with E-state index in [2.05, 4.69) is 4.74 Å². The van der Waals surface area contributed by atoms with Crippen molar-refractivity contribution in [3.8, 4) is 0 Å². The molecule has 0 saturated carbocycles. The SMILES string of the molecule is COC(=O)N1CC(O)CCC1C. The van der Waals surface area contributed by atoms with Crippen LogP contribution in [0.3, 0.4) is 0 Å². The highest BCUT2D eigenvalue weighted by Crippen LogP contribution is 2.17. The van der Waals surface area contributed by atoms with E-state index in [1.165, 1.54) is 7.11 Å². The Morgan fingerprint density at radius 1 is 1.58 bits per heavy atom. The number of hydrogen-bond donors (Lipinski definition) is 1. The van der Waals surface area contributed by atoms with Crippen molar-refractivity contribution >= 4 is 6.09 Å². The van der Waals surface area contributed by atoms with E-state index < -0.39 is 0 Å². The van der Waals surface area contributed by atoms with Crippen LogP contribution in [-0.4, -0.2) is 41.9 Å². The number of β-amino-alcohol motifs (C(OH)–C–C–N with tert-alkyl or cyclic N) is 1. The summed E-state index contributed by atoms with van der Waals surface area (Å²) >= 11 is 0. The van der Waals surface area contributed by atoms with Crippen LogP contribution in [-0.2, 0) is 4.74 Å². The zero-order chi connectivity index (χ0) is 9.14. The highest BCUT2D eigenvalue weighted by molar-refractivity contribution is 5.67. The Bertz CT molecular complexity index is 172. The van der Waals surface area contributed by atoms with Gasteiger partial charge in [-0.25, -0.2) is 4.79 Å². The molecule has 4 nitrogen and oxygen atoms in total. The molecule has 0 radical (unpaired) electrons. The predicted molar refractivity (Wildman–Crippen MR) is 43.8 cm³/mol. The molecular formula is C8H15NO3. The third kappa shape index (κ3) is 1.88. The number of ether oxygens (including phenoxy) is 1. The van der Waals surface area contributed by atoms with Crippen LogP contribution in [0.1, 0.15) is 19.8 Å². The van der Waals surface area contributed by atoms with Crippen molar-refractivity contribution < 1.29 is 14.6 Å². The molecular weight excluding hydrogens is 158 g/mol. The maximum absolute atomic E-state index is 11.1. The van der Waals surface area contributed by atoms with Crippen molar-refractivity contribution in [1.29, 1.82) is 0 Å². The summed E-state index contributed by atoms with van der Waals surface area (Å²) in [5.74, 6) is 0. The second-order valence-electron chi connectivity index (χ2n) is 3.20. The van der Waals surface area contributed by atoms with Gasteiger partial charge < -0.3 is 14.7 Å². The fraction of sp³-hybridized carbons (Fsp3) is 0.875. The number of piperidine rings is 1. The number of likely N-dealkylation sites (tertiary alicyclic amines) is 1. The number of amides is 1. The van der Waals surface area contributed by atoms with Crippen LogP contribution in [0.25, 0.3) is 0 Å². The van der Waals surface area contributed by atoms with Gasteiger partial charge in [-0.2, -0.15) is 0 Å². The molecule has 1 N–H and O–H groups in total. The molecule has 1 heterocycles. The Kier molecular flexibility index (Phi) is 2.92. The lowest BCUT2D eigenvalue weighted by atomic mass is 10.0. The van der Waals surface area contributed by atoms with Crippen LogP contribution in [0.15, 0.2) is 0 Å². The number of aliphatic hydroxyl groups excluding tert-OH is 1. The highest BCUT2D eigenvalue weighted by atomic mass is 16.5. The molecule has 0 spiro atoms. The van der Waals surface area contributed by atoms with Crippen LogP contribution in [0, 0.1) is 0 Å². The molecule has 12 heavy (non-hydrogen) atoms. The van der Waals surface area contributed by atoms with E-state index in [4.69, 9.17) is 0 Å². The van der Waals surface area contributed by atoms with Gasteiger partial charge in [-0.1, -0.05) is 0 Å². The van der Waals surface area contributed by atoms with Gasteiger partial charge in [0, 0.05) is 6.04 Å². The van der Waals surface area contributed by atoms with E-state index in [1.807, 2.05) is 6.92 Å². The van der Waals surface area contributed by atoms with E-state index in [1.54, 1.807) is 4.90 Å². The van der Waals surface area contributed by atoms with Crippen molar-refractivity contribution in [2.45, 2.75) is 31.9 Å². The summed E-state index contributed by atoms with van der Waals surface area (Å²) in [4.78, 5) is 12.7. The van der Waals surface area contributed by atoms with Crippen LogP contribution in [0.2, 0.25) is 0 Å². The summed E-state index contributed by atoms with van der Waals surface area (Å²) in [6.07, 6.45) is 0.881. The number of hydrogen-bond acceptors (Lipinski definition) is 3. The molecule has 2 unspecified atom stereocenters. The van der Waals surface area contributed by atoms with Gasteiger partial charge in [-0.05, 0) is 19.8 Å². The van der Waals surface area contributed by atoms with Gasteiger partial charge in [-0.3, -0.25) is 0 Å². The van der Waals surface area contributed by atoms with E-state index in [-0.39, 0.29) is 18.2 Å². The topological polar surface area (TPSA) is 49.8 Å². The molecule has 1 aliphatic heterocycles. The summed E-state index contributed by atoms with van der Waals surface area (Å²) in [6.45, 7) is 2.36. The average molecular weight is 173 g/mol. The first-order valence-corrected chi connectivity index (χ1v) is 4.17. The quantitative estimate of drug-likeness (QED) is 0.583. The summed E-state index contributed by atoms with van der Waals surface area (Å²) in [5, 5.41) is 9.29. The highest BCUT2D eigenvalue weighted by Gasteiger charge is 2.28. The Hall–Kier alpha value is -0.770. The number of methoxy groups -OCH3 is 1. The molecule has 0 aromatic heterocycles. The Morgan fingerprint density at radius 3 is 2.83 bits per heavy atom. The lowest BCUT2D eigenvalue weighted by Gasteiger charge is -2.34.